The van der Waals surface area contributed by atoms with Crippen LogP contribution in [0.2, 0.25) is 0 Å². The van der Waals surface area contributed by atoms with E-state index in [-0.39, 0.29) is 0 Å². The molecule has 106 valence electrons. The van der Waals surface area contributed by atoms with E-state index in [1.165, 1.54) is 15.8 Å². The van der Waals surface area contributed by atoms with E-state index < -0.39 is 0 Å². The first-order chi connectivity index (χ1) is 10.3. The molecule has 2 aromatic carbocycles. The zero-order valence-electron chi connectivity index (χ0n) is 11.6. The molecule has 0 aliphatic rings. The zero-order valence-corrected chi connectivity index (χ0v) is 14.0. The Bertz CT molecular complexity index is 774. The number of rotatable bonds is 4. The van der Waals surface area contributed by atoms with E-state index in [2.05, 4.69) is 51.6 Å². The predicted molar refractivity (Wildman–Crippen MR) is 92.8 cm³/mol. The second-order valence-electron chi connectivity index (χ2n) is 4.74. The number of benzene rings is 2. The van der Waals surface area contributed by atoms with Gasteiger partial charge in [0.1, 0.15) is 5.03 Å². The van der Waals surface area contributed by atoms with Crippen molar-refractivity contribution in [2.75, 3.05) is 7.05 Å². The van der Waals surface area contributed by atoms with Gasteiger partial charge in [-0.1, -0.05) is 52.0 Å². The van der Waals surface area contributed by atoms with Crippen LogP contribution in [0.3, 0.4) is 0 Å². The van der Waals surface area contributed by atoms with Crippen molar-refractivity contribution in [1.82, 2.24) is 10.3 Å². The van der Waals surface area contributed by atoms with Crippen molar-refractivity contribution in [3.63, 3.8) is 0 Å². The van der Waals surface area contributed by atoms with Crippen molar-refractivity contribution in [2.45, 2.75) is 16.5 Å². The fourth-order valence-corrected chi connectivity index (χ4v) is 3.70. The van der Waals surface area contributed by atoms with Gasteiger partial charge in [-0.2, -0.15) is 0 Å². The second kappa shape index (κ2) is 6.60. The quantitative estimate of drug-likeness (QED) is 0.720. The van der Waals surface area contributed by atoms with E-state index >= 15 is 0 Å². The summed E-state index contributed by atoms with van der Waals surface area (Å²) in [4.78, 5) is 6.01. The molecule has 21 heavy (non-hydrogen) atoms. The number of nitrogens with one attached hydrogen (secondary N) is 1. The lowest BCUT2D eigenvalue weighted by atomic mass is 10.1. The van der Waals surface area contributed by atoms with Crippen LogP contribution >= 0.6 is 27.7 Å². The number of pyridine rings is 1. The van der Waals surface area contributed by atoms with E-state index in [9.17, 15) is 0 Å². The van der Waals surface area contributed by atoms with Crippen molar-refractivity contribution < 1.29 is 0 Å². The van der Waals surface area contributed by atoms with Gasteiger partial charge in [0.25, 0.3) is 0 Å². The summed E-state index contributed by atoms with van der Waals surface area (Å²) in [6.45, 7) is 0.814. The van der Waals surface area contributed by atoms with Crippen LogP contribution in [0.4, 0.5) is 0 Å². The van der Waals surface area contributed by atoms with Gasteiger partial charge >= 0.3 is 0 Å². The lowest BCUT2D eigenvalue weighted by Gasteiger charge is -2.10. The van der Waals surface area contributed by atoms with Crippen molar-refractivity contribution >= 4 is 38.6 Å². The SMILES string of the molecule is CNCc1cc2ccccc2nc1Sc1cccc(Br)c1. The number of nitrogens with zero attached hydrogens (tertiary/aromatic N) is 1. The molecule has 1 N–H and O–H groups in total. The van der Waals surface area contributed by atoms with Crippen molar-refractivity contribution in [2.24, 2.45) is 0 Å². The van der Waals surface area contributed by atoms with Crippen molar-refractivity contribution in [3.8, 4) is 0 Å². The predicted octanol–water partition coefficient (Wildman–Crippen LogP) is 4.87. The van der Waals surface area contributed by atoms with Gasteiger partial charge in [0, 0.05) is 21.3 Å². The zero-order chi connectivity index (χ0) is 14.7. The summed E-state index contributed by atoms with van der Waals surface area (Å²) in [5.41, 5.74) is 2.26. The molecular weight excluding hydrogens is 344 g/mol. The fourth-order valence-electron chi connectivity index (χ4n) is 2.19. The number of halogens is 1. The Kier molecular flexibility index (Phi) is 4.58. The van der Waals surface area contributed by atoms with Gasteiger partial charge in [0.05, 0.1) is 5.52 Å². The van der Waals surface area contributed by atoms with Gasteiger partial charge in [-0.05, 0) is 42.9 Å². The number of fused-ring (bicyclic) bond motifs is 1. The minimum absolute atomic E-state index is 0.814. The summed E-state index contributed by atoms with van der Waals surface area (Å²) in [6, 6.07) is 18.8. The second-order valence-corrected chi connectivity index (χ2v) is 6.71. The van der Waals surface area contributed by atoms with Crippen molar-refractivity contribution in [3.05, 3.63) is 64.6 Å². The largest absolute Gasteiger partial charge is 0.316 e. The standard InChI is InChI=1S/C17H15BrN2S/c1-19-11-13-9-12-5-2-3-8-16(12)20-17(13)21-15-7-4-6-14(18)10-15/h2-10,19H,11H2,1H3. The Labute approximate surface area is 137 Å². The van der Waals surface area contributed by atoms with E-state index in [0.29, 0.717) is 0 Å². The molecule has 0 aliphatic carbocycles. The van der Waals surface area contributed by atoms with Gasteiger partial charge in [-0.3, -0.25) is 0 Å². The van der Waals surface area contributed by atoms with Crippen LogP contribution in [0.25, 0.3) is 10.9 Å². The van der Waals surface area contributed by atoms with Crippen LogP contribution < -0.4 is 5.32 Å². The molecule has 0 unspecified atom stereocenters. The van der Waals surface area contributed by atoms with Crippen LogP contribution in [0.15, 0.2) is 69.0 Å². The van der Waals surface area contributed by atoms with E-state index in [1.54, 1.807) is 11.8 Å². The maximum atomic E-state index is 4.83. The van der Waals surface area contributed by atoms with Crippen LogP contribution in [0, 0.1) is 0 Å². The smallest absolute Gasteiger partial charge is 0.106 e. The first kappa shape index (κ1) is 14.6. The number of para-hydroxylation sites is 1. The number of hydrogen-bond donors (Lipinski definition) is 1. The van der Waals surface area contributed by atoms with Crippen molar-refractivity contribution in [1.29, 1.82) is 0 Å². The lowest BCUT2D eigenvalue weighted by molar-refractivity contribution is 0.794. The molecule has 0 aliphatic heterocycles. The molecule has 0 saturated heterocycles. The molecule has 3 aromatic rings. The molecule has 0 atom stereocenters. The Morgan fingerprint density at radius 2 is 1.95 bits per heavy atom. The molecule has 4 heteroatoms. The average Bonchev–Trinajstić information content (AvgIpc) is 2.48. The highest BCUT2D eigenvalue weighted by Gasteiger charge is 2.08. The third-order valence-corrected chi connectivity index (χ3v) is 4.67. The van der Waals surface area contributed by atoms with Gasteiger partial charge in [-0.25, -0.2) is 4.98 Å². The third kappa shape index (κ3) is 3.46. The Balaban J connectivity index is 2.04. The molecule has 0 spiro atoms. The highest BCUT2D eigenvalue weighted by molar-refractivity contribution is 9.10. The molecule has 0 fully saturated rings. The van der Waals surface area contributed by atoms with E-state index in [1.807, 2.05) is 31.3 Å². The maximum absolute atomic E-state index is 4.83. The molecular formula is C17H15BrN2S. The first-order valence-electron chi connectivity index (χ1n) is 6.73. The van der Waals surface area contributed by atoms with Gasteiger partial charge in [0.15, 0.2) is 0 Å². The minimum atomic E-state index is 0.814. The van der Waals surface area contributed by atoms with Crippen LogP contribution in [0.5, 0.6) is 0 Å². The molecule has 2 nitrogen and oxygen atoms in total. The van der Waals surface area contributed by atoms with Gasteiger partial charge in [-0.15, -0.1) is 0 Å². The molecule has 1 aromatic heterocycles. The highest BCUT2D eigenvalue weighted by Crippen LogP contribution is 2.32. The van der Waals surface area contributed by atoms with Crippen LogP contribution in [0.1, 0.15) is 5.56 Å². The topological polar surface area (TPSA) is 24.9 Å². The molecule has 0 bridgehead atoms. The summed E-state index contributed by atoms with van der Waals surface area (Å²) in [5.74, 6) is 0. The summed E-state index contributed by atoms with van der Waals surface area (Å²) < 4.78 is 1.09. The monoisotopic (exact) mass is 358 g/mol. The normalized spacial score (nSPS) is 11.0. The summed E-state index contributed by atoms with van der Waals surface area (Å²) in [5, 5.41) is 5.46. The lowest BCUT2D eigenvalue weighted by Crippen LogP contribution is -2.07. The maximum Gasteiger partial charge on any atom is 0.106 e. The molecule has 0 saturated carbocycles. The van der Waals surface area contributed by atoms with Gasteiger partial charge < -0.3 is 5.32 Å². The summed E-state index contributed by atoms with van der Waals surface area (Å²) in [6.07, 6.45) is 0. The third-order valence-electron chi connectivity index (χ3n) is 3.14. The van der Waals surface area contributed by atoms with Crippen LogP contribution in [-0.4, -0.2) is 12.0 Å². The Morgan fingerprint density at radius 1 is 1.10 bits per heavy atom. The summed E-state index contributed by atoms with van der Waals surface area (Å²) >= 11 is 5.22. The molecule has 1 heterocycles. The number of hydrogen-bond acceptors (Lipinski definition) is 3. The summed E-state index contributed by atoms with van der Waals surface area (Å²) in [7, 11) is 1.96. The van der Waals surface area contributed by atoms with Gasteiger partial charge in [0.2, 0.25) is 0 Å². The molecule has 0 radical (unpaired) electrons. The fraction of sp³-hybridized carbons (Fsp3) is 0.118. The highest BCUT2D eigenvalue weighted by atomic mass is 79.9. The average molecular weight is 359 g/mol. The molecule has 3 rings (SSSR count). The number of aromatic nitrogens is 1. The Hall–Kier alpha value is -1.36. The Morgan fingerprint density at radius 3 is 2.76 bits per heavy atom. The van der Waals surface area contributed by atoms with Crippen LogP contribution in [-0.2, 0) is 6.54 Å². The minimum Gasteiger partial charge on any atom is -0.316 e. The van der Waals surface area contributed by atoms with E-state index in [4.69, 9.17) is 4.98 Å². The van der Waals surface area contributed by atoms with E-state index in [0.717, 1.165) is 21.6 Å². The first-order valence-corrected chi connectivity index (χ1v) is 8.34. The molecule has 0 amide bonds.